The van der Waals surface area contributed by atoms with Gasteiger partial charge >= 0.3 is 0 Å². The van der Waals surface area contributed by atoms with E-state index in [4.69, 9.17) is 14.2 Å². The number of carbonyl (C=O) groups excluding carboxylic acids is 2. The number of methoxy groups -OCH3 is 2. The molecule has 0 spiro atoms. The molecule has 1 saturated carbocycles. The largest absolute Gasteiger partial charge is 0.496 e. The van der Waals surface area contributed by atoms with Crippen molar-refractivity contribution in [1.29, 1.82) is 0 Å². The Kier molecular flexibility index (Phi) is 8.52. The summed E-state index contributed by atoms with van der Waals surface area (Å²) in [6.07, 6.45) is 4.08. The quantitative estimate of drug-likeness (QED) is 0.588. The van der Waals surface area contributed by atoms with Gasteiger partial charge in [-0.25, -0.2) is 4.39 Å². The molecule has 178 valence electrons. The smallest absolute Gasteiger partial charge is 0.261 e. The molecule has 1 fully saturated rings. The van der Waals surface area contributed by atoms with Gasteiger partial charge in [0, 0.05) is 30.8 Å². The Morgan fingerprint density at radius 3 is 2.18 bits per heavy atom. The first-order chi connectivity index (χ1) is 15.9. The molecule has 0 aromatic heterocycles. The summed E-state index contributed by atoms with van der Waals surface area (Å²) < 4.78 is 29.5. The Labute approximate surface area is 193 Å². The SMILES string of the molecule is COc1cc(OC)cc(OCC(=O)N(Cc2ccc(F)cc2)[C@@H](C)C(=O)NC2CCCC2)c1. The number of hydrogen-bond acceptors (Lipinski definition) is 5. The van der Waals surface area contributed by atoms with E-state index in [1.165, 1.54) is 31.3 Å². The van der Waals surface area contributed by atoms with Crippen LogP contribution in [0.3, 0.4) is 0 Å². The highest BCUT2D eigenvalue weighted by molar-refractivity contribution is 5.88. The fraction of sp³-hybridized carbons (Fsp3) is 0.440. The third-order valence-electron chi connectivity index (χ3n) is 5.82. The predicted octanol–water partition coefficient (Wildman–Crippen LogP) is 3.70. The van der Waals surface area contributed by atoms with Crippen molar-refractivity contribution in [2.24, 2.45) is 0 Å². The van der Waals surface area contributed by atoms with E-state index in [9.17, 15) is 14.0 Å². The number of nitrogens with zero attached hydrogens (tertiary/aromatic N) is 1. The maximum absolute atomic E-state index is 13.3. The van der Waals surface area contributed by atoms with Crippen LogP contribution in [-0.2, 0) is 16.1 Å². The maximum atomic E-state index is 13.3. The molecule has 7 nitrogen and oxygen atoms in total. The zero-order valence-electron chi connectivity index (χ0n) is 19.3. The zero-order valence-corrected chi connectivity index (χ0v) is 19.3. The number of amides is 2. The Balaban J connectivity index is 1.73. The molecule has 1 aliphatic rings. The molecule has 2 aromatic carbocycles. The summed E-state index contributed by atoms with van der Waals surface area (Å²) in [7, 11) is 3.05. The lowest BCUT2D eigenvalue weighted by atomic mass is 10.1. The van der Waals surface area contributed by atoms with Crippen molar-refractivity contribution in [2.75, 3.05) is 20.8 Å². The topological polar surface area (TPSA) is 77.1 Å². The molecule has 1 aliphatic carbocycles. The number of carbonyl (C=O) groups is 2. The Morgan fingerprint density at radius 2 is 1.61 bits per heavy atom. The molecule has 0 bridgehead atoms. The first kappa shape index (κ1) is 24.4. The second-order valence-corrected chi connectivity index (χ2v) is 8.15. The van der Waals surface area contributed by atoms with Crippen molar-refractivity contribution in [3.05, 3.63) is 53.8 Å². The van der Waals surface area contributed by atoms with Gasteiger partial charge in [0.1, 0.15) is 29.1 Å². The second-order valence-electron chi connectivity index (χ2n) is 8.15. The summed E-state index contributed by atoms with van der Waals surface area (Å²) in [6.45, 7) is 1.57. The zero-order chi connectivity index (χ0) is 23.8. The first-order valence-electron chi connectivity index (χ1n) is 11.1. The van der Waals surface area contributed by atoms with Crippen LogP contribution in [0, 0.1) is 5.82 Å². The number of ether oxygens (including phenoxy) is 3. The van der Waals surface area contributed by atoms with Gasteiger partial charge in [0.2, 0.25) is 5.91 Å². The van der Waals surface area contributed by atoms with Crippen LogP contribution in [0.15, 0.2) is 42.5 Å². The summed E-state index contributed by atoms with van der Waals surface area (Å²) in [4.78, 5) is 27.5. The summed E-state index contributed by atoms with van der Waals surface area (Å²) in [5.41, 5.74) is 0.716. The van der Waals surface area contributed by atoms with Crippen LogP contribution in [0.2, 0.25) is 0 Å². The van der Waals surface area contributed by atoms with Crippen LogP contribution in [0.5, 0.6) is 17.2 Å². The molecular weight excluding hydrogens is 427 g/mol. The van der Waals surface area contributed by atoms with E-state index in [0.717, 1.165) is 25.7 Å². The lowest BCUT2D eigenvalue weighted by molar-refractivity contribution is -0.142. The molecular formula is C25H31FN2O5. The van der Waals surface area contributed by atoms with Gasteiger partial charge in [0.05, 0.1) is 14.2 Å². The van der Waals surface area contributed by atoms with Gasteiger partial charge in [0.25, 0.3) is 5.91 Å². The Morgan fingerprint density at radius 1 is 1.03 bits per heavy atom. The molecule has 0 aliphatic heterocycles. The molecule has 1 N–H and O–H groups in total. The van der Waals surface area contributed by atoms with Gasteiger partial charge in [-0.05, 0) is 37.5 Å². The van der Waals surface area contributed by atoms with E-state index in [-0.39, 0.29) is 36.8 Å². The fourth-order valence-electron chi connectivity index (χ4n) is 3.85. The number of benzene rings is 2. The first-order valence-corrected chi connectivity index (χ1v) is 11.1. The molecule has 8 heteroatoms. The van der Waals surface area contributed by atoms with Crippen molar-refractivity contribution < 1.29 is 28.2 Å². The minimum absolute atomic E-state index is 0.142. The van der Waals surface area contributed by atoms with Crippen molar-refractivity contribution in [3.63, 3.8) is 0 Å². The van der Waals surface area contributed by atoms with Gasteiger partial charge in [-0.3, -0.25) is 9.59 Å². The normalized spacial score (nSPS) is 14.4. The molecule has 0 radical (unpaired) electrons. The van der Waals surface area contributed by atoms with Crippen LogP contribution < -0.4 is 19.5 Å². The monoisotopic (exact) mass is 458 g/mol. The average Bonchev–Trinajstić information content (AvgIpc) is 3.34. The lowest BCUT2D eigenvalue weighted by Gasteiger charge is -2.29. The van der Waals surface area contributed by atoms with Gasteiger partial charge in [-0.15, -0.1) is 0 Å². The van der Waals surface area contributed by atoms with Gasteiger partial charge in [-0.2, -0.15) is 0 Å². The van der Waals surface area contributed by atoms with E-state index < -0.39 is 6.04 Å². The number of halogens is 1. The highest BCUT2D eigenvalue weighted by Crippen LogP contribution is 2.27. The highest BCUT2D eigenvalue weighted by Gasteiger charge is 2.28. The predicted molar refractivity (Wildman–Crippen MR) is 122 cm³/mol. The van der Waals surface area contributed by atoms with Gasteiger partial charge < -0.3 is 24.4 Å². The number of hydrogen-bond donors (Lipinski definition) is 1. The highest BCUT2D eigenvalue weighted by atomic mass is 19.1. The molecule has 1 atom stereocenters. The standard InChI is InChI=1S/C25H31FN2O5/c1-17(25(30)27-20-6-4-5-7-20)28(15-18-8-10-19(26)11-9-18)24(29)16-33-23-13-21(31-2)12-22(14-23)32-3/h8-14,17,20H,4-7,15-16H2,1-3H3,(H,27,30)/t17-/m0/s1. The van der Waals surface area contributed by atoms with E-state index in [1.54, 1.807) is 37.3 Å². The Hall–Kier alpha value is -3.29. The van der Waals surface area contributed by atoms with Gasteiger partial charge in [-0.1, -0.05) is 25.0 Å². The molecule has 3 rings (SSSR count). The van der Waals surface area contributed by atoms with Gasteiger partial charge in [0.15, 0.2) is 6.61 Å². The van der Waals surface area contributed by atoms with Crippen LogP contribution >= 0.6 is 0 Å². The molecule has 33 heavy (non-hydrogen) atoms. The molecule has 2 amide bonds. The van der Waals surface area contributed by atoms with Crippen molar-refractivity contribution in [2.45, 2.75) is 51.2 Å². The lowest BCUT2D eigenvalue weighted by Crippen LogP contribution is -2.50. The number of nitrogens with one attached hydrogen (secondary N) is 1. The fourth-order valence-corrected chi connectivity index (χ4v) is 3.85. The summed E-state index contributed by atoms with van der Waals surface area (Å²) in [5.74, 6) is 0.535. The molecule has 2 aromatic rings. The van der Waals surface area contributed by atoms with Crippen LogP contribution in [-0.4, -0.2) is 49.6 Å². The van der Waals surface area contributed by atoms with Crippen LogP contribution in [0.1, 0.15) is 38.2 Å². The van der Waals surface area contributed by atoms with E-state index >= 15 is 0 Å². The molecule has 0 heterocycles. The van der Waals surface area contributed by atoms with E-state index in [0.29, 0.717) is 22.8 Å². The molecule has 0 unspecified atom stereocenters. The third kappa shape index (κ3) is 6.84. The van der Waals surface area contributed by atoms with Crippen molar-refractivity contribution in [1.82, 2.24) is 10.2 Å². The van der Waals surface area contributed by atoms with Crippen LogP contribution in [0.25, 0.3) is 0 Å². The van der Waals surface area contributed by atoms with Crippen molar-refractivity contribution in [3.8, 4) is 17.2 Å². The van der Waals surface area contributed by atoms with Crippen molar-refractivity contribution >= 4 is 11.8 Å². The summed E-state index contributed by atoms with van der Waals surface area (Å²) in [6, 6.07) is 10.3. The average molecular weight is 459 g/mol. The minimum atomic E-state index is -0.716. The van der Waals surface area contributed by atoms with E-state index in [1.807, 2.05) is 0 Å². The third-order valence-corrected chi connectivity index (χ3v) is 5.82. The summed E-state index contributed by atoms with van der Waals surface area (Å²) >= 11 is 0. The second kappa shape index (κ2) is 11.5. The minimum Gasteiger partial charge on any atom is -0.496 e. The van der Waals surface area contributed by atoms with Crippen LogP contribution in [0.4, 0.5) is 4.39 Å². The Bertz CT molecular complexity index is 922. The maximum Gasteiger partial charge on any atom is 0.261 e. The number of rotatable bonds is 10. The molecule has 0 saturated heterocycles. The van der Waals surface area contributed by atoms with E-state index in [2.05, 4.69) is 5.32 Å². The summed E-state index contributed by atoms with van der Waals surface area (Å²) in [5, 5.41) is 3.05.